The molecule has 6 nitrogen and oxygen atoms in total. The maximum absolute atomic E-state index is 13.0. The van der Waals surface area contributed by atoms with Gasteiger partial charge in [-0.3, -0.25) is 4.79 Å². The number of carbonyl (C=O) groups excluding carboxylic acids is 1. The maximum Gasteiger partial charge on any atom is 0.251 e. The first-order valence-electron chi connectivity index (χ1n) is 8.93. The largest absolute Gasteiger partial charge is 0.352 e. The van der Waals surface area contributed by atoms with E-state index >= 15 is 0 Å². The van der Waals surface area contributed by atoms with E-state index < -0.39 is 10.0 Å². The quantitative estimate of drug-likeness (QED) is 0.722. The number of nitrogens with zero attached hydrogens (tertiary/aromatic N) is 1. The molecule has 1 aromatic carbocycles. The van der Waals surface area contributed by atoms with Gasteiger partial charge in [-0.25, -0.2) is 8.42 Å². The number of aryl methyl sites for hydroxylation is 1. The highest BCUT2D eigenvalue weighted by Gasteiger charge is 2.31. The zero-order chi connectivity index (χ0) is 18.4. The van der Waals surface area contributed by atoms with Gasteiger partial charge in [-0.2, -0.15) is 4.31 Å². The zero-order valence-corrected chi connectivity index (χ0v) is 16.2. The highest BCUT2D eigenvalue weighted by molar-refractivity contribution is 7.89. The molecule has 0 aromatic heterocycles. The molecular weight excluding hydrogens is 338 g/mol. The van der Waals surface area contributed by atoms with Crippen LogP contribution < -0.4 is 10.6 Å². The van der Waals surface area contributed by atoms with Gasteiger partial charge in [0, 0.05) is 24.7 Å². The minimum Gasteiger partial charge on any atom is -0.352 e. The van der Waals surface area contributed by atoms with Gasteiger partial charge in [-0.05, 0) is 64.4 Å². The van der Waals surface area contributed by atoms with Crippen LogP contribution in [0.2, 0.25) is 0 Å². The van der Waals surface area contributed by atoms with E-state index in [2.05, 4.69) is 10.6 Å². The number of piperidine rings is 1. The molecule has 0 bridgehead atoms. The van der Waals surface area contributed by atoms with Crippen molar-refractivity contribution in [3.63, 3.8) is 0 Å². The summed E-state index contributed by atoms with van der Waals surface area (Å²) in [6.45, 7) is 5.69. The molecule has 0 saturated carbocycles. The Labute approximate surface area is 151 Å². The smallest absolute Gasteiger partial charge is 0.251 e. The molecule has 1 unspecified atom stereocenters. The summed E-state index contributed by atoms with van der Waals surface area (Å²) < 4.78 is 27.5. The van der Waals surface area contributed by atoms with Crippen LogP contribution in [0.15, 0.2) is 23.1 Å². The van der Waals surface area contributed by atoms with E-state index in [1.165, 1.54) is 6.07 Å². The van der Waals surface area contributed by atoms with Crippen molar-refractivity contribution in [3.8, 4) is 0 Å². The predicted octanol–water partition coefficient (Wildman–Crippen LogP) is 1.90. The second-order valence-corrected chi connectivity index (χ2v) is 8.54. The molecule has 1 fully saturated rings. The summed E-state index contributed by atoms with van der Waals surface area (Å²) in [6.07, 6.45) is 3.64. The van der Waals surface area contributed by atoms with Crippen molar-refractivity contribution in [2.24, 2.45) is 0 Å². The fourth-order valence-electron chi connectivity index (χ4n) is 3.13. The maximum atomic E-state index is 13.0. The summed E-state index contributed by atoms with van der Waals surface area (Å²) in [4.78, 5) is 12.6. The van der Waals surface area contributed by atoms with Crippen LogP contribution in [-0.2, 0) is 10.0 Å². The van der Waals surface area contributed by atoms with Crippen molar-refractivity contribution in [2.45, 2.75) is 50.5 Å². The van der Waals surface area contributed by atoms with Gasteiger partial charge in [0.1, 0.15) is 0 Å². The van der Waals surface area contributed by atoms with Crippen molar-refractivity contribution in [2.75, 3.05) is 26.7 Å². The molecule has 1 amide bonds. The Morgan fingerprint density at radius 1 is 1.28 bits per heavy atom. The van der Waals surface area contributed by atoms with Crippen LogP contribution in [-0.4, -0.2) is 51.4 Å². The van der Waals surface area contributed by atoms with Gasteiger partial charge in [0.25, 0.3) is 5.91 Å². The lowest BCUT2D eigenvalue weighted by molar-refractivity contribution is 0.0952. The van der Waals surface area contributed by atoms with E-state index in [-0.39, 0.29) is 16.8 Å². The molecule has 1 saturated heterocycles. The van der Waals surface area contributed by atoms with E-state index in [0.29, 0.717) is 18.7 Å². The van der Waals surface area contributed by atoms with Crippen LogP contribution in [0.5, 0.6) is 0 Å². The lowest BCUT2D eigenvalue weighted by Crippen LogP contribution is -2.42. The molecule has 140 valence electrons. The van der Waals surface area contributed by atoms with Crippen LogP contribution in [0.3, 0.4) is 0 Å². The van der Waals surface area contributed by atoms with Crippen LogP contribution >= 0.6 is 0 Å². The van der Waals surface area contributed by atoms with Crippen molar-refractivity contribution in [1.29, 1.82) is 0 Å². The average molecular weight is 368 g/mol. The van der Waals surface area contributed by atoms with Gasteiger partial charge in [0.05, 0.1) is 4.90 Å². The Balaban J connectivity index is 2.21. The first-order chi connectivity index (χ1) is 11.9. The number of nitrogens with one attached hydrogen (secondary N) is 2. The Morgan fingerprint density at radius 3 is 2.72 bits per heavy atom. The minimum absolute atomic E-state index is 0.00104. The fourth-order valence-corrected chi connectivity index (χ4v) is 4.86. The van der Waals surface area contributed by atoms with Gasteiger partial charge in [-0.15, -0.1) is 0 Å². The van der Waals surface area contributed by atoms with E-state index in [1.54, 1.807) is 16.4 Å². The lowest BCUT2D eigenvalue weighted by Gasteiger charge is -2.32. The normalized spacial score (nSPS) is 18.9. The van der Waals surface area contributed by atoms with Crippen LogP contribution in [0, 0.1) is 6.92 Å². The minimum atomic E-state index is -3.57. The second kappa shape index (κ2) is 8.78. The average Bonchev–Trinajstić information content (AvgIpc) is 2.59. The monoisotopic (exact) mass is 367 g/mol. The molecular formula is C18H29N3O3S. The highest BCUT2D eigenvalue weighted by Crippen LogP contribution is 2.26. The highest BCUT2D eigenvalue weighted by atomic mass is 32.2. The Morgan fingerprint density at radius 2 is 2.04 bits per heavy atom. The fraction of sp³-hybridized carbons (Fsp3) is 0.611. The summed E-state index contributed by atoms with van der Waals surface area (Å²) >= 11 is 0. The summed E-state index contributed by atoms with van der Waals surface area (Å²) in [7, 11) is -1.71. The first-order valence-corrected chi connectivity index (χ1v) is 10.4. The van der Waals surface area contributed by atoms with Crippen molar-refractivity contribution in [3.05, 3.63) is 29.3 Å². The third kappa shape index (κ3) is 4.80. The van der Waals surface area contributed by atoms with E-state index in [9.17, 15) is 13.2 Å². The van der Waals surface area contributed by atoms with Gasteiger partial charge < -0.3 is 10.6 Å². The zero-order valence-electron chi connectivity index (χ0n) is 15.3. The second-order valence-electron chi connectivity index (χ2n) is 6.65. The number of sulfonamides is 1. The van der Waals surface area contributed by atoms with Crippen molar-refractivity contribution in [1.82, 2.24) is 14.9 Å². The van der Waals surface area contributed by atoms with Gasteiger partial charge in [0.2, 0.25) is 10.0 Å². The van der Waals surface area contributed by atoms with E-state index in [0.717, 1.165) is 37.8 Å². The molecule has 0 aliphatic carbocycles. The topological polar surface area (TPSA) is 78.5 Å². The SMILES string of the molecule is CNCCCNC(=O)c1cc(S(=O)(=O)N2CCCCC2C)ccc1C. The molecule has 1 heterocycles. The Bertz CT molecular complexity index is 704. The summed E-state index contributed by atoms with van der Waals surface area (Å²) in [5.74, 6) is -0.225. The predicted molar refractivity (Wildman–Crippen MR) is 99.3 cm³/mol. The molecule has 0 radical (unpaired) electrons. The third-order valence-corrected chi connectivity index (χ3v) is 6.70. The molecule has 25 heavy (non-hydrogen) atoms. The van der Waals surface area contributed by atoms with Crippen molar-refractivity contribution < 1.29 is 13.2 Å². The third-order valence-electron chi connectivity index (χ3n) is 4.69. The molecule has 7 heteroatoms. The lowest BCUT2D eigenvalue weighted by atomic mass is 10.1. The van der Waals surface area contributed by atoms with Gasteiger partial charge in [0.15, 0.2) is 0 Å². The Hall–Kier alpha value is -1.44. The molecule has 2 rings (SSSR count). The van der Waals surface area contributed by atoms with Crippen LogP contribution in [0.4, 0.5) is 0 Å². The number of amides is 1. The molecule has 1 atom stereocenters. The number of benzene rings is 1. The molecule has 1 aromatic rings. The molecule has 1 aliphatic rings. The van der Waals surface area contributed by atoms with E-state index in [4.69, 9.17) is 0 Å². The summed E-state index contributed by atoms with van der Waals surface area (Å²) in [5.41, 5.74) is 1.20. The molecule has 1 aliphatic heterocycles. The number of rotatable bonds is 7. The van der Waals surface area contributed by atoms with Gasteiger partial charge >= 0.3 is 0 Å². The molecule has 2 N–H and O–H groups in total. The van der Waals surface area contributed by atoms with Crippen LogP contribution in [0.25, 0.3) is 0 Å². The standard InChI is InChI=1S/C18H29N3O3S/c1-14-8-9-16(13-17(14)18(22)20-11-6-10-19-3)25(23,24)21-12-5-4-7-15(21)2/h8-9,13,15,19H,4-7,10-12H2,1-3H3,(H,20,22). The molecule has 0 spiro atoms. The van der Waals surface area contributed by atoms with Gasteiger partial charge in [-0.1, -0.05) is 12.5 Å². The number of carbonyl (C=O) groups is 1. The summed E-state index contributed by atoms with van der Waals surface area (Å²) in [6, 6.07) is 4.83. The summed E-state index contributed by atoms with van der Waals surface area (Å²) in [5, 5.41) is 5.88. The van der Waals surface area contributed by atoms with Crippen molar-refractivity contribution >= 4 is 15.9 Å². The first kappa shape index (κ1) is 19.9. The number of hydrogen-bond acceptors (Lipinski definition) is 4. The van der Waals surface area contributed by atoms with Crippen LogP contribution in [0.1, 0.15) is 48.5 Å². The van der Waals surface area contributed by atoms with E-state index in [1.807, 2.05) is 20.9 Å². The Kier molecular flexibility index (Phi) is 6.98. The number of hydrogen-bond donors (Lipinski definition) is 2.